The van der Waals surface area contributed by atoms with E-state index in [1.807, 2.05) is 26.0 Å². The Morgan fingerprint density at radius 3 is 2.79 bits per heavy atom. The lowest BCUT2D eigenvalue weighted by atomic mass is 9.88. The normalized spacial score (nSPS) is 22.8. The topological polar surface area (TPSA) is 54.0 Å². The Balaban J connectivity index is 0.00000162. The van der Waals surface area contributed by atoms with Crippen molar-refractivity contribution in [2.75, 3.05) is 13.1 Å². The first kappa shape index (κ1) is 18.2. The van der Waals surface area contributed by atoms with Crippen LogP contribution in [-0.4, -0.2) is 24.0 Å². The number of carbonyl (C=O) groups is 1. The molecule has 2 heterocycles. The fourth-order valence-electron chi connectivity index (χ4n) is 2.10. The summed E-state index contributed by atoms with van der Waals surface area (Å²) in [6, 6.07) is 3.87. The Bertz CT molecular complexity index is 394. The van der Waals surface area contributed by atoms with Crippen molar-refractivity contribution in [1.29, 1.82) is 0 Å². The SMILES string of the molecule is C[C@H](NC(=O)C1(C)CCNC1)c1cccnc1.Cl.Cl. The van der Waals surface area contributed by atoms with Crippen molar-refractivity contribution in [3.63, 3.8) is 0 Å². The van der Waals surface area contributed by atoms with Crippen LogP contribution in [0.2, 0.25) is 0 Å². The maximum absolute atomic E-state index is 12.2. The van der Waals surface area contributed by atoms with Gasteiger partial charge in [-0.3, -0.25) is 9.78 Å². The van der Waals surface area contributed by atoms with Crippen molar-refractivity contribution in [1.82, 2.24) is 15.6 Å². The van der Waals surface area contributed by atoms with Gasteiger partial charge in [-0.2, -0.15) is 0 Å². The number of rotatable bonds is 3. The van der Waals surface area contributed by atoms with Gasteiger partial charge in [0.15, 0.2) is 0 Å². The first-order valence-electron chi connectivity index (χ1n) is 6.03. The molecule has 0 bridgehead atoms. The van der Waals surface area contributed by atoms with Gasteiger partial charge in [0.2, 0.25) is 5.91 Å². The van der Waals surface area contributed by atoms with Gasteiger partial charge in [-0.25, -0.2) is 0 Å². The number of nitrogens with one attached hydrogen (secondary N) is 2. The average molecular weight is 306 g/mol. The zero-order valence-electron chi connectivity index (χ0n) is 11.2. The molecule has 4 nitrogen and oxygen atoms in total. The molecule has 0 aliphatic carbocycles. The Hall–Kier alpha value is -0.840. The number of hydrogen-bond donors (Lipinski definition) is 2. The van der Waals surface area contributed by atoms with Crippen LogP contribution < -0.4 is 10.6 Å². The number of nitrogens with zero attached hydrogens (tertiary/aromatic N) is 1. The summed E-state index contributed by atoms with van der Waals surface area (Å²) in [5.74, 6) is 0.124. The predicted molar refractivity (Wildman–Crippen MR) is 80.9 cm³/mol. The zero-order chi connectivity index (χ0) is 12.3. The van der Waals surface area contributed by atoms with Crippen molar-refractivity contribution in [2.45, 2.75) is 26.3 Å². The van der Waals surface area contributed by atoms with Crippen molar-refractivity contribution in [2.24, 2.45) is 5.41 Å². The van der Waals surface area contributed by atoms with Crippen molar-refractivity contribution in [3.8, 4) is 0 Å². The monoisotopic (exact) mass is 305 g/mol. The van der Waals surface area contributed by atoms with E-state index < -0.39 is 0 Å². The van der Waals surface area contributed by atoms with E-state index in [9.17, 15) is 4.79 Å². The van der Waals surface area contributed by atoms with Crippen LogP contribution in [0, 0.1) is 5.41 Å². The van der Waals surface area contributed by atoms with E-state index in [1.165, 1.54) is 0 Å². The van der Waals surface area contributed by atoms with Crippen LogP contribution in [0.4, 0.5) is 0 Å². The summed E-state index contributed by atoms with van der Waals surface area (Å²) in [4.78, 5) is 16.2. The third-order valence-corrected chi connectivity index (χ3v) is 3.45. The number of amides is 1. The lowest BCUT2D eigenvalue weighted by Gasteiger charge is -2.24. The minimum absolute atomic E-state index is 0. The minimum Gasteiger partial charge on any atom is -0.349 e. The Morgan fingerprint density at radius 2 is 2.26 bits per heavy atom. The molecule has 0 radical (unpaired) electrons. The largest absolute Gasteiger partial charge is 0.349 e. The van der Waals surface area contributed by atoms with E-state index in [4.69, 9.17) is 0 Å². The quantitative estimate of drug-likeness (QED) is 0.899. The van der Waals surface area contributed by atoms with Gasteiger partial charge < -0.3 is 10.6 Å². The van der Waals surface area contributed by atoms with E-state index in [1.54, 1.807) is 12.4 Å². The molecular weight excluding hydrogens is 285 g/mol. The molecule has 1 aliphatic rings. The standard InChI is InChI=1S/C13H19N3O.2ClH/c1-10(11-4-3-6-14-8-11)16-12(17)13(2)5-7-15-9-13;;/h3-4,6,8,10,15H,5,7,9H2,1-2H3,(H,16,17);2*1H/t10-,13?;;/m0../s1. The van der Waals surface area contributed by atoms with Crippen LogP contribution in [0.15, 0.2) is 24.5 Å². The smallest absolute Gasteiger partial charge is 0.227 e. The molecule has 19 heavy (non-hydrogen) atoms. The van der Waals surface area contributed by atoms with Crippen LogP contribution in [0.1, 0.15) is 31.9 Å². The average Bonchev–Trinajstić information content (AvgIpc) is 2.78. The van der Waals surface area contributed by atoms with Gasteiger partial charge in [0.25, 0.3) is 0 Å². The molecule has 0 saturated carbocycles. The lowest BCUT2D eigenvalue weighted by Crippen LogP contribution is -2.41. The third-order valence-electron chi connectivity index (χ3n) is 3.45. The second kappa shape index (κ2) is 7.68. The molecule has 0 aromatic carbocycles. The highest BCUT2D eigenvalue weighted by atomic mass is 35.5. The van der Waals surface area contributed by atoms with Gasteiger partial charge in [-0.1, -0.05) is 6.07 Å². The van der Waals surface area contributed by atoms with E-state index in [0.717, 1.165) is 25.1 Å². The maximum atomic E-state index is 12.2. The van der Waals surface area contributed by atoms with Crippen molar-refractivity contribution < 1.29 is 4.79 Å². The third kappa shape index (κ3) is 4.34. The van der Waals surface area contributed by atoms with Gasteiger partial charge in [0.05, 0.1) is 11.5 Å². The molecule has 1 aliphatic heterocycles. The summed E-state index contributed by atoms with van der Waals surface area (Å²) < 4.78 is 0. The fraction of sp³-hybridized carbons (Fsp3) is 0.538. The van der Waals surface area contributed by atoms with Crippen molar-refractivity contribution in [3.05, 3.63) is 30.1 Å². The van der Waals surface area contributed by atoms with Crippen LogP contribution in [0.25, 0.3) is 0 Å². The molecule has 1 unspecified atom stereocenters. The second-order valence-electron chi connectivity index (χ2n) is 4.97. The van der Waals surface area contributed by atoms with Gasteiger partial charge in [0.1, 0.15) is 0 Å². The summed E-state index contributed by atoms with van der Waals surface area (Å²) >= 11 is 0. The first-order valence-corrected chi connectivity index (χ1v) is 6.03. The van der Waals surface area contributed by atoms with Gasteiger partial charge in [0, 0.05) is 18.9 Å². The first-order chi connectivity index (χ1) is 8.12. The van der Waals surface area contributed by atoms with E-state index in [2.05, 4.69) is 15.6 Å². The second-order valence-corrected chi connectivity index (χ2v) is 4.97. The van der Waals surface area contributed by atoms with E-state index in [0.29, 0.717) is 0 Å². The number of aromatic nitrogens is 1. The predicted octanol–water partition coefficient (Wildman–Crippen LogP) is 2.10. The Labute approximate surface area is 126 Å². The number of carbonyl (C=O) groups excluding carboxylic acids is 1. The molecule has 2 atom stereocenters. The highest BCUT2D eigenvalue weighted by Crippen LogP contribution is 2.25. The lowest BCUT2D eigenvalue weighted by molar-refractivity contribution is -0.129. The van der Waals surface area contributed by atoms with Crippen LogP contribution in [-0.2, 0) is 4.79 Å². The van der Waals surface area contributed by atoms with Crippen LogP contribution in [0.3, 0.4) is 0 Å². The highest BCUT2D eigenvalue weighted by molar-refractivity contribution is 5.85. The highest BCUT2D eigenvalue weighted by Gasteiger charge is 2.36. The van der Waals surface area contributed by atoms with Crippen molar-refractivity contribution >= 4 is 30.7 Å². The molecule has 1 aromatic rings. The number of halogens is 2. The Kier molecular flexibility index (Phi) is 7.34. The molecule has 2 rings (SSSR count). The van der Waals surface area contributed by atoms with Crippen LogP contribution >= 0.6 is 24.8 Å². The summed E-state index contributed by atoms with van der Waals surface area (Å²) in [6.45, 7) is 5.68. The number of hydrogen-bond acceptors (Lipinski definition) is 3. The van der Waals surface area contributed by atoms with E-state index >= 15 is 0 Å². The van der Waals surface area contributed by atoms with E-state index in [-0.39, 0.29) is 42.2 Å². The van der Waals surface area contributed by atoms with Crippen LogP contribution in [0.5, 0.6) is 0 Å². The molecule has 6 heteroatoms. The maximum Gasteiger partial charge on any atom is 0.227 e. The summed E-state index contributed by atoms with van der Waals surface area (Å²) in [7, 11) is 0. The molecule has 1 saturated heterocycles. The van der Waals surface area contributed by atoms with Gasteiger partial charge in [-0.15, -0.1) is 24.8 Å². The molecule has 0 spiro atoms. The summed E-state index contributed by atoms with van der Waals surface area (Å²) in [6.07, 6.45) is 4.43. The summed E-state index contributed by atoms with van der Waals surface area (Å²) in [5.41, 5.74) is 0.770. The molecule has 1 aromatic heterocycles. The Morgan fingerprint density at radius 1 is 1.53 bits per heavy atom. The minimum atomic E-state index is -0.267. The fourth-order valence-corrected chi connectivity index (χ4v) is 2.10. The molecular formula is C13H21Cl2N3O. The zero-order valence-corrected chi connectivity index (χ0v) is 12.8. The van der Waals surface area contributed by atoms with Gasteiger partial charge in [-0.05, 0) is 38.4 Å². The number of pyridine rings is 1. The molecule has 1 amide bonds. The summed E-state index contributed by atoms with van der Waals surface area (Å²) in [5, 5.41) is 6.29. The van der Waals surface area contributed by atoms with Gasteiger partial charge >= 0.3 is 0 Å². The molecule has 108 valence electrons. The molecule has 2 N–H and O–H groups in total. The molecule has 1 fully saturated rings.